The van der Waals surface area contributed by atoms with Gasteiger partial charge in [-0.25, -0.2) is 8.42 Å². The third kappa shape index (κ3) is 4.26. The Morgan fingerprint density at radius 2 is 1.85 bits per heavy atom. The van der Waals surface area contributed by atoms with E-state index in [1.54, 1.807) is 6.92 Å². The molecule has 6 nitrogen and oxygen atoms in total. The third-order valence-corrected chi connectivity index (χ3v) is 6.87. The van der Waals surface area contributed by atoms with Gasteiger partial charge in [-0.1, -0.05) is 6.07 Å². The highest BCUT2D eigenvalue weighted by Gasteiger charge is 2.33. The van der Waals surface area contributed by atoms with Crippen LogP contribution in [-0.4, -0.2) is 45.0 Å². The van der Waals surface area contributed by atoms with Crippen LogP contribution in [0.15, 0.2) is 18.2 Å². The molecule has 7 heteroatoms. The van der Waals surface area contributed by atoms with Gasteiger partial charge in [-0.2, -0.15) is 0 Å². The van der Waals surface area contributed by atoms with E-state index in [-0.39, 0.29) is 36.5 Å². The summed E-state index contributed by atoms with van der Waals surface area (Å²) < 4.78 is 28.3. The van der Waals surface area contributed by atoms with Crippen LogP contribution in [0.1, 0.15) is 37.3 Å². The second-order valence-corrected chi connectivity index (χ2v) is 9.27. The first-order chi connectivity index (χ1) is 12.4. The predicted octanol–water partition coefficient (Wildman–Crippen LogP) is 1.90. The van der Waals surface area contributed by atoms with Gasteiger partial charge < -0.3 is 9.64 Å². The highest BCUT2D eigenvalue weighted by atomic mass is 32.2. The van der Waals surface area contributed by atoms with Gasteiger partial charge in [0.2, 0.25) is 5.91 Å². The van der Waals surface area contributed by atoms with Gasteiger partial charge >= 0.3 is 5.97 Å². The van der Waals surface area contributed by atoms with Crippen LogP contribution in [0.25, 0.3) is 0 Å². The summed E-state index contributed by atoms with van der Waals surface area (Å²) in [6.07, 6.45) is 3.75. The van der Waals surface area contributed by atoms with E-state index in [0.29, 0.717) is 18.5 Å². The number of esters is 1. The van der Waals surface area contributed by atoms with Gasteiger partial charge in [0.05, 0.1) is 18.1 Å². The molecule has 1 saturated heterocycles. The molecule has 1 aromatic carbocycles. The Bertz CT molecular complexity index is 788. The normalized spacial score (nSPS) is 19.0. The molecule has 0 spiro atoms. The van der Waals surface area contributed by atoms with Gasteiger partial charge in [-0.05, 0) is 62.3 Å². The number of ether oxygens (including phenoxy) is 1. The van der Waals surface area contributed by atoms with Crippen LogP contribution in [0.4, 0.5) is 5.69 Å². The monoisotopic (exact) mass is 379 g/mol. The quantitative estimate of drug-likeness (QED) is 0.730. The molecule has 0 aromatic heterocycles. The number of amides is 1. The van der Waals surface area contributed by atoms with Crippen molar-refractivity contribution in [1.29, 1.82) is 0 Å². The number of rotatable bonds is 5. The lowest BCUT2D eigenvalue weighted by atomic mass is 10.00. The first kappa shape index (κ1) is 18.9. The van der Waals surface area contributed by atoms with Crippen LogP contribution >= 0.6 is 0 Å². The Hall–Kier alpha value is -1.89. The average Bonchev–Trinajstić information content (AvgIpc) is 3.07. The van der Waals surface area contributed by atoms with Gasteiger partial charge in [-0.3, -0.25) is 9.59 Å². The highest BCUT2D eigenvalue weighted by Crippen LogP contribution is 2.29. The van der Waals surface area contributed by atoms with E-state index in [4.69, 9.17) is 4.74 Å². The van der Waals surface area contributed by atoms with Crippen molar-refractivity contribution in [1.82, 2.24) is 0 Å². The summed E-state index contributed by atoms with van der Waals surface area (Å²) in [5.41, 5.74) is 3.20. The number of anilines is 1. The molecule has 1 aromatic rings. The van der Waals surface area contributed by atoms with E-state index < -0.39 is 15.8 Å². The summed E-state index contributed by atoms with van der Waals surface area (Å²) in [5, 5.41) is 0. The van der Waals surface area contributed by atoms with Crippen LogP contribution in [0.3, 0.4) is 0 Å². The Morgan fingerprint density at radius 3 is 2.54 bits per heavy atom. The topological polar surface area (TPSA) is 80.8 Å². The number of carbonyl (C=O) groups is 2. The van der Waals surface area contributed by atoms with Gasteiger partial charge in [0, 0.05) is 11.6 Å². The van der Waals surface area contributed by atoms with Crippen molar-refractivity contribution >= 4 is 27.4 Å². The van der Waals surface area contributed by atoms with Gasteiger partial charge in [0.15, 0.2) is 0 Å². The number of benzene rings is 1. The molecular weight excluding hydrogens is 354 g/mol. The minimum Gasteiger partial charge on any atom is -0.465 e. The highest BCUT2D eigenvalue weighted by molar-refractivity contribution is 7.91. The molecule has 3 rings (SSSR count). The van der Waals surface area contributed by atoms with E-state index in [1.165, 1.54) is 16.0 Å². The predicted molar refractivity (Wildman–Crippen MR) is 98.8 cm³/mol. The number of hydrogen-bond donors (Lipinski definition) is 0. The van der Waals surface area contributed by atoms with Crippen LogP contribution < -0.4 is 4.90 Å². The Labute approximate surface area is 154 Å². The summed E-state index contributed by atoms with van der Waals surface area (Å²) in [7, 11) is -3.04. The largest absolute Gasteiger partial charge is 0.465 e. The van der Waals surface area contributed by atoms with Crippen molar-refractivity contribution in [3.8, 4) is 0 Å². The fourth-order valence-electron chi connectivity index (χ4n) is 3.72. The first-order valence-corrected chi connectivity index (χ1v) is 11.0. The molecule has 1 amide bonds. The number of fused-ring (bicyclic) bond motifs is 1. The first-order valence-electron chi connectivity index (χ1n) is 9.19. The van der Waals surface area contributed by atoms with E-state index in [9.17, 15) is 18.0 Å². The smallest absolute Gasteiger partial charge is 0.326 e. The number of nitrogens with zero attached hydrogens (tertiary/aromatic N) is 1. The lowest BCUT2D eigenvalue weighted by Gasteiger charge is -2.29. The maximum atomic E-state index is 13.1. The molecule has 1 aliphatic carbocycles. The molecule has 0 bridgehead atoms. The zero-order valence-electron chi connectivity index (χ0n) is 15.1. The molecule has 2 aliphatic rings. The Morgan fingerprint density at radius 1 is 1.15 bits per heavy atom. The fourth-order valence-corrected chi connectivity index (χ4v) is 5.21. The van der Waals surface area contributed by atoms with Crippen molar-refractivity contribution in [3.63, 3.8) is 0 Å². The molecule has 0 unspecified atom stereocenters. The SMILES string of the molecule is CCOC(=O)CN(C(=O)C1CCS(=O)(=O)CC1)c1ccc2c(c1)CCC2. The van der Waals surface area contributed by atoms with Crippen molar-refractivity contribution in [2.45, 2.75) is 39.0 Å². The van der Waals surface area contributed by atoms with E-state index >= 15 is 0 Å². The van der Waals surface area contributed by atoms with Gasteiger partial charge in [0.25, 0.3) is 0 Å². The molecule has 1 heterocycles. The Balaban J connectivity index is 1.83. The second kappa shape index (κ2) is 7.78. The lowest BCUT2D eigenvalue weighted by Crippen LogP contribution is -2.43. The maximum Gasteiger partial charge on any atom is 0.326 e. The zero-order chi connectivity index (χ0) is 18.7. The number of carbonyl (C=O) groups excluding carboxylic acids is 2. The fraction of sp³-hybridized carbons (Fsp3) is 0.579. The Kier molecular flexibility index (Phi) is 5.65. The van der Waals surface area contributed by atoms with Crippen LogP contribution in [0.2, 0.25) is 0 Å². The summed E-state index contributed by atoms with van der Waals surface area (Å²) in [5.74, 6) is -0.960. The van der Waals surface area contributed by atoms with Crippen molar-refractivity contribution < 1.29 is 22.7 Å². The zero-order valence-corrected chi connectivity index (χ0v) is 15.9. The summed E-state index contributed by atoms with van der Waals surface area (Å²) >= 11 is 0. The summed E-state index contributed by atoms with van der Waals surface area (Å²) in [6.45, 7) is 1.84. The standard InChI is InChI=1S/C19H25NO5S/c1-2-25-18(21)13-20(17-7-6-14-4-3-5-16(14)12-17)19(22)15-8-10-26(23,24)11-9-15/h6-7,12,15H,2-5,8-11,13H2,1H3. The van der Waals surface area contributed by atoms with Crippen molar-refractivity contribution in [3.05, 3.63) is 29.3 Å². The summed E-state index contributed by atoms with van der Waals surface area (Å²) in [6, 6.07) is 5.88. The van der Waals surface area contributed by atoms with Gasteiger partial charge in [0.1, 0.15) is 16.4 Å². The molecule has 0 radical (unpaired) electrons. The van der Waals surface area contributed by atoms with E-state index in [1.807, 2.05) is 18.2 Å². The molecule has 1 aliphatic heterocycles. The molecule has 0 N–H and O–H groups in total. The van der Waals surface area contributed by atoms with Crippen LogP contribution in [0, 0.1) is 5.92 Å². The number of aryl methyl sites for hydroxylation is 2. The summed E-state index contributed by atoms with van der Waals surface area (Å²) in [4.78, 5) is 26.6. The number of sulfone groups is 1. The molecule has 0 atom stereocenters. The third-order valence-electron chi connectivity index (χ3n) is 5.16. The molecule has 26 heavy (non-hydrogen) atoms. The van der Waals surface area contributed by atoms with Gasteiger partial charge in [-0.15, -0.1) is 0 Å². The molecule has 1 fully saturated rings. The second-order valence-electron chi connectivity index (χ2n) is 6.96. The molecular formula is C19H25NO5S. The van der Waals surface area contributed by atoms with E-state index in [2.05, 4.69) is 0 Å². The van der Waals surface area contributed by atoms with Crippen LogP contribution in [0.5, 0.6) is 0 Å². The molecule has 0 saturated carbocycles. The molecule has 142 valence electrons. The average molecular weight is 379 g/mol. The minimum absolute atomic E-state index is 0.0286. The minimum atomic E-state index is -3.04. The number of hydrogen-bond acceptors (Lipinski definition) is 5. The lowest BCUT2D eigenvalue weighted by molar-refractivity contribution is -0.142. The van der Waals surface area contributed by atoms with Crippen molar-refractivity contribution in [2.75, 3.05) is 29.6 Å². The van der Waals surface area contributed by atoms with Crippen LogP contribution in [-0.2, 0) is 37.0 Å². The maximum absolute atomic E-state index is 13.1. The van der Waals surface area contributed by atoms with E-state index in [0.717, 1.165) is 19.3 Å². The van der Waals surface area contributed by atoms with Crippen molar-refractivity contribution in [2.24, 2.45) is 5.92 Å².